The number of aliphatic hydroxyl groups is 1. The molecule has 0 radical (unpaired) electrons. The lowest BCUT2D eigenvalue weighted by atomic mass is 9.85. The van der Waals surface area contributed by atoms with Crippen LogP contribution >= 0.6 is 0 Å². The zero-order valence-corrected chi connectivity index (χ0v) is 7.19. The molecule has 0 heterocycles. The molecule has 0 spiro atoms. The summed E-state index contributed by atoms with van der Waals surface area (Å²) in [6, 6.07) is 0. The molecule has 68 valence electrons. The van der Waals surface area contributed by atoms with Crippen molar-refractivity contribution in [2.24, 2.45) is 11.0 Å². The Hall–Kier alpha value is -0.730. The van der Waals surface area contributed by atoms with Crippen molar-refractivity contribution >= 4 is 0 Å². The topological polar surface area (TPSA) is 69.0 Å². The maximum absolute atomic E-state index is 9.22. The number of hydrogen-bond donors (Lipinski definition) is 1. The maximum atomic E-state index is 9.22. The molecule has 4 nitrogen and oxygen atoms in total. The molecule has 1 aliphatic carbocycles. The van der Waals surface area contributed by atoms with Crippen LogP contribution in [0.25, 0.3) is 10.4 Å². The van der Waals surface area contributed by atoms with E-state index >= 15 is 0 Å². The van der Waals surface area contributed by atoms with Gasteiger partial charge in [-0.15, -0.1) is 0 Å². The van der Waals surface area contributed by atoms with E-state index in [2.05, 4.69) is 10.0 Å². The fraction of sp³-hybridized carbons (Fsp3) is 1.00. The molecule has 0 atom stereocenters. The van der Waals surface area contributed by atoms with Crippen LogP contribution in [0.4, 0.5) is 0 Å². The molecule has 0 unspecified atom stereocenters. The first-order chi connectivity index (χ1) is 5.83. The molecule has 1 aliphatic rings. The summed E-state index contributed by atoms with van der Waals surface area (Å²) in [6.07, 6.45) is 4.91. The number of nitrogens with zero attached hydrogens (tertiary/aromatic N) is 3. The van der Waals surface area contributed by atoms with Gasteiger partial charge in [0, 0.05) is 11.5 Å². The standard InChI is InChI=1S/C8H15N3O/c9-11-10-6-5-7-1-3-8(12)4-2-7/h7-8,12H,1-6H2. The Morgan fingerprint density at radius 2 is 2.00 bits per heavy atom. The van der Waals surface area contributed by atoms with Crippen LogP contribution < -0.4 is 0 Å². The van der Waals surface area contributed by atoms with Crippen molar-refractivity contribution in [2.45, 2.75) is 38.2 Å². The molecular formula is C8H15N3O. The van der Waals surface area contributed by atoms with E-state index in [0.717, 1.165) is 32.1 Å². The summed E-state index contributed by atoms with van der Waals surface area (Å²) in [4.78, 5) is 2.71. The second-order valence-corrected chi connectivity index (χ2v) is 3.42. The van der Waals surface area contributed by atoms with Crippen LogP contribution in [-0.2, 0) is 0 Å². The van der Waals surface area contributed by atoms with E-state index in [9.17, 15) is 5.11 Å². The molecule has 4 heteroatoms. The molecule has 0 aliphatic heterocycles. The SMILES string of the molecule is [N-]=[N+]=NCCC1CCC(O)CC1. The Balaban J connectivity index is 2.13. The van der Waals surface area contributed by atoms with Gasteiger partial charge >= 0.3 is 0 Å². The van der Waals surface area contributed by atoms with Crippen LogP contribution in [0.15, 0.2) is 5.11 Å². The van der Waals surface area contributed by atoms with Gasteiger partial charge in [-0.05, 0) is 43.6 Å². The van der Waals surface area contributed by atoms with Gasteiger partial charge in [0.05, 0.1) is 6.10 Å². The van der Waals surface area contributed by atoms with Gasteiger partial charge in [0.1, 0.15) is 0 Å². The van der Waals surface area contributed by atoms with E-state index in [1.165, 1.54) is 0 Å². The van der Waals surface area contributed by atoms with Crippen LogP contribution in [0.3, 0.4) is 0 Å². The van der Waals surface area contributed by atoms with Crippen LogP contribution in [0.2, 0.25) is 0 Å². The number of aliphatic hydroxyl groups excluding tert-OH is 1. The summed E-state index contributed by atoms with van der Waals surface area (Å²) in [6.45, 7) is 0.608. The summed E-state index contributed by atoms with van der Waals surface area (Å²) < 4.78 is 0. The minimum atomic E-state index is -0.0827. The first-order valence-corrected chi connectivity index (χ1v) is 4.52. The van der Waals surface area contributed by atoms with Crippen molar-refractivity contribution in [3.05, 3.63) is 10.4 Å². The smallest absolute Gasteiger partial charge is 0.0540 e. The highest BCUT2D eigenvalue weighted by molar-refractivity contribution is 4.72. The summed E-state index contributed by atoms with van der Waals surface area (Å²) in [5.41, 5.74) is 8.06. The van der Waals surface area contributed by atoms with E-state index in [1.54, 1.807) is 0 Å². The number of hydrogen-bond acceptors (Lipinski definition) is 2. The molecule has 1 rings (SSSR count). The van der Waals surface area contributed by atoms with Crippen molar-refractivity contribution in [3.63, 3.8) is 0 Å². The summed E-state index contributed by atoms with van der Waals surface area (Å²) >= 11 is 0. The summed E-state index contributed by atoms with van der Waals surface area (Å²) in [7, 11) is 0. The minimum absolute atomic E-state index is 0.0827. The van der Waals surface area contributed by atoms with Crippen LogP contribution in [0.1, 0.15) is 32.1 Å². The zero-order valence-electron chi connectivity index (χ0n) is 7.19. The third-order valence-corrected chi connectivity index (χ3v) is 2.52. The molecular weight excluding hydrogens is 154 g/mol. The van der Waals surface area contributed by atoms with Crippen molar-refractivity contribution in [2.75, 3.05) is 6.54 Å². The highest BCUT2D eigenvalue weighted by atomic mass is 16.3. The third-order valence-electron chi connectivity index (χ3n) is 2.52. The molecule has 1 N–H and O–H groups in total. The fourth-order valence-corrected chi connectivity index (χ4v) is 1.72. The maximum Gasteiger partial charge on any atom is 0.0540 e. The van der Waals surface area contributed by atoms with E-state index < -0.39 is 0 Å². The predicted octanol–water partition coefficient (Wildman–Crippen LogP) is 2.24. The molecule has 0 bridgehead atoms. The molecule has 1 saturated carbocycles. The van der Waals surface area contributed by atoms with E-state index in [-0.39, 0.29) is 6.10 Å². The van der Waals surface area contributed by atoms with Crippen LogP contribution in [-0.4, -0.2) is 17.8 Å². The van der Waals surface area contributed by atoms with Gasteiger partial charge in [-0.3, -0.25) is 0 Å². The molecule has 1 fully saturated rings. The van der Waals surface area contributed by atoms with E-state index in [4.69, 9.17) is 5.53 Å². The Bertz CT molecular complexity index is 169. The van der Waals surface area contributed by atoms with Gasteiger partial charge in [-0.1, -0.05) is 5.11 Å². The lowest BCUT2D eigenvalue weighted by molar-refractivity contribution is 0.107. The first kappa shape index (κ1) is 9.36. The van der Waals surface area contributed by atoms with Gasteiger partial charge in [0.25, 0.3) is 0 Å². The molecule has 12 heavy (non-hydrogen) atoms. The Morgan fingerprint density at radius 1 is 1.33 bits per heavy atom. The normalized spacial score (nSPS) is 29.4. The van der Waals surface area contributed by atoms with E-state index in [1.807, 2.05) is 0 Å². The molecule has 0 aromatic carbocycles. The van der Waals surface area contributed by atoms with Crippen molar-refractivity contribution in [1.29, 1.82) is 0 Å². The van der Waals surface area contributed by atoms with Crippen LogP contribution in [0, 0.1) is 5.92 Å². The predicted molar refractivity (Wildman–Crippen MR) is 46.6 cm³/mol. The summed E-state index contributed by atoms with van der Waals surface area (Å²) in [5, 5.41) is 12.7. The average molecular weight is 169 g/mol. The third kappa shape index (κ3) is 3.11. The second-order valence-electron chi connectivity index (χ2n) is 3.42. The van der Waals surface area contributed by atoms with Crippen molar-refractivity contribution in [3.8, 4) is 0 Å². The molecule has 0 aromatic rings. The van der Waals surface area contributed by atoms with Crippen molar-refractivity contribution < 1.29 is 5.11 Å². The van der Waals surface area contributed by atoms with Gasteiger partial charge in [-0.25, -0.2) is 0 Å². The highest BCUT2D eigenvalue weighted by Gasteiger charge is 2.18. The van der Waals surface area contributed by atoms with Gasteiger partial charge in [0.15, 0.2) is 0 Å². The van der Waals surface area contributed by atoms with Gasteiger partial charge in [0.2, 0.25) is 0 Å². The zero-order chi connectivity index (χ0) is 8.81. The second kappa shape index (κ2) is 5.01. The largest absolute Gasteiger partial charge is 0.393 e. The quantitative estimate of drug-likeness (QED) is 0.393. The Labute approximate surface area is 72.2 Å². The fourth-order valence-electron chi connectivity index (χ4n) is 1.72. The van der Waals surface area contributed by atoms with Gasteiger partial charge in [-0.2, -0.15) is 0 Å². The van der Waals surface area contributed by atoms with Crippen molar-refractivity contribution in [1.82, 2.24) is 0 Å². The first-order valence-electron chi connectivity index (χ1n) is 4.52. The molecule has 0 saturated heterocycles. The number of rotatable bonds is 3. The lowest BCUT2D eigenvalue weighted by Crippen LogP contribution is -2.18. The van der Waals surface area contributed by atoms with Crippen LogP contribution in [0.5, 0.6) is 0 Å². The lowest BCUT2D eigenvalue weighted by Gasteiger charge is -2.24. The Morgan fingerprint density at radius 3 is 2.58 bits per heavy atom. The average Bonchev–Trinajstić information content (AvgIpc) is 2.09. The highest BCUT2D eigenvalue weighted by Crippen LogP contribution is 2.26. The monoisotopic (exact) mass is 169 g/mol. The number of azide groups is 1. The minimum Gasteiger partial charge on any atom is -0.393 e. The summed E-state index contributed by atoms with van der Waals surface area (Å²) in [5.74, 6) is 0.666. The molecule has 0 amide bonds. The van der Waals surface area contributed by atoms with E-state index in [0.29, 0.717) is 12.5 Å². The molecule has 0 aromatic heterocycles. The van der Waals surface area contributed by atoms with Gasteiger partial charge < -0.3 is 5.11 Å². The Kier molecular flexibility index (Phi) is 3.91.